The first-order chi connectivity index (χ1) is 17.7. The number of halogens is 3. The molecule has 1 fully saturated rings. The smallest absolute Gasteiger partial charge is 0.238 e. The van der Waals surface area contributed by atoms with E-state index in [1.165, 1.54) is 23.1 Å². The topological polar surface area (TPSA) is 91.8 Å². The van der Waals surface area contributed by atoms with Crippen molar-refractivity contribution in [2.75, 3.05) is 4.90 Å². The summed E-state index contributed by atoms with van der Waals surface area (Å²) in [5.41, 5.74) is 1.70. The number of ketones is 2. The first kappa shape index (κ1) is 24.4. The molecule has 0 spiro atoms. The lowest BCUT2D eigenvalue weighted by Crippen LogP contribution is -2.39. The summed E-state index contributed by atoms with van der Waals surface area (Å²) < 4.78 is 15.5. The molecule has 9 heteroatoms. The molecule has 1 aliphatic heterocycles. The number of fused-ring (bicyclic) bond motifs is 3. The van der Waals surface area contributed by atoms with E-state index in [9.17, 15) is 28.7 Å². The van der Waals surface area contributed by atoms with Crippen LogP contribution in [0.5, 0.6) is 5.75 Å². The third-order valence-electron chi connectivity index (χ3n) is 7.75. The first-order valence-corrected chi connectivity index (χ1v) is 13.6. The zero-order valence-corrected chi connectivity index (χ0v) is 22.8. The predicted octanol–water partition coefficient (Wildman–Crippen LogP) is 5.10. The van der Waals surface area contributed by atoms with E-state index in [4.69, 9.17) is 0 Å². The number of carbonyl (C=O) groups excluding carboxylic acids is 4. The molecular weight excluding hydrogens is 656 g/mol. The molecule has 2 aromatic carbocycles. The molecule has 0 radical (unpaired) electrons. The molecule has 3 aliphatic carbocycles. The maximum Gasteiger partial charge on any atom is 0.238 e. The highest BCUT2D eigenvalue weighted by molar-refractivity contribution is 14.1. The van der Waals surface area contributed by atoms with E-state index in [0.717, 1.165) is 9.64 Å². The Bertz CT molecular complexity index is 1530. The lowest BCUT2D eigenvalue weighted by atomic mass is 9.59. The summed E-state index contributed by atoms with van der Waals surface area (Å²) in [5, 5.41) is 10.7. The zero-order chi connectivity index (χ0) is 26.2. The van der Waals surface area contributed by atoms with Crippen LogP contribution in [0.2, 0.25) is 0 Å². The van der Waals surface area contributed by atoms with Crippen molar-refractivity contribution in [3.8, 4) is 5.75 Å². The average molecular weight is 674 g/mol. The molecule has 4 aliphatic rings. The van der Waals surface area contributed by atoms with Crippen LogP contribution in [0.1, 0.15) is 24.3 Å². The Morgan fingerprint density at radius 2 is 1.73 bits per heavy atom. The SMILES string of the molecule is O=C1C=C(Br)C(=O)C2=C1[C@@H](c1cccc(F)c1O)C1=CC[C@@H]3C(=O)N(c4ccc(I)cc4)C(=O)[C@@H]3[C@@H]1C2. The van der Waals surface area contributed by atoms with Crippen LogP contribution in [-0.4, -0.2) is 28.5 Å². The summed E-state index contributed by atoms with van der Waals surface area (Å²) >= 11 is 5.32. The van der Waals surface area contributed by atoms with E-state index >= 15 is 0 Å². The normalized spacial score (nSPS) is 27.1. The number of amides is 2. The number of Topliss-reactive ketones (excluding diaryl/α,β-unsaturated/α-hetero) is 1. The quantitative estimate of drug-likeness (QED) is 0.207. The van der Waals surface area contributed by atoms with Crippen LogP contribution in [0.25, 0.3) is 0 Å². The van der Waals surface area contributed by atoms with E-state index in [1.807, 2.05) is 18.2 Å². The second-order valence-electron chi connectivity index (χ2n) is 9.56. The molecular formula is C28H18BrFINO5. The number of carbonyl (C=O) groups is 4. The van der Waals surface area contributed by atoms with Crippen molar-refractivity contribution in [1.29, 1.82) is 0 Å². The van der Waals surface area contributed by atoms with Crippen molar-refractivity contribution in [2.24, 2.45) is 17.8 Å². The van der Waals surface area contributed by atoms with Crippen LogP contribution in [0.4, 0.5) is 10.1 Å². The zero-order valence-electron chi connectivity index (χ0n) is 19.1. The van der Waals surface area contributed by atoms with Crippen LogP contribution in [0, 0.1) is 27.1 Å². The van der Waals surface area contributed by atoms with Crippen LogP contribution in [0.15, 0.2) is 75.8 Å². The van der Waals surface area contributed by atoms with Gasteiger partial charge in [0.25, 0.3) is 0 Å². The Kier molecular flexibility index (Phi) is 5.83. The van der Waals surface area contributed by atoms with Gasteiger partial charge in [-0.25, -0.2) is 4.39 Å². The number of para-hydroxylation sites is 1. The molecule has 1 N–H and O–H groups in total. The summed E-state index contributed by atoms with van der Waals surface area (Å²) in [4.78, 5) is 54.9. The van der Waals surface area contributed by atoms with Gasteiger partial charge in [0.15, 0.2) is 23.1 Å². The molecule has 6 rings (SSSR count). The third kappa shape index (κ3) is 3.61. The van der Waals surface area contributed by atoms with Gasteiger partial charge in [0.05, 0.1) is 22.0 Å². The van der Waals surface area contributed by atoms with Gasteiger partial charge >= 0.3 is 0 Å². The molecule has 4 atom stereocenters. The number of aromatic hydroxyl groups is 1. The fourth-order valence-electron chi connectivity index (χ4n) is 6.17. The monoisotopic (exact) mass is 673 g/mol. The molecule has 1 heterocycles. The van der Waals surface area contributed by atoms with Gasteiger partial charge in [-0.3, -0.25) is 24.1 Å². The lowest BCUT2D eigenvalue weighted by molar-refractivity contribution is -0.123. The van der Waals surface area contributed by atoms with Crippen LogP contribution in [0.3, 0.4) is 0 Å². The van der Waals surface area contributed by atoms with Gasteiger partial charge in [-0.1, -0.05) is 23.8 Å². The summed E-state index contributed by atoms with van der Waals surface area (Å²) in [6.45, 7) is 0. The predicted molar refractivity (Wildman–Crippen MR) is 144 cm³/mol. The Morgan fingerprint density at radius 3 is 2.46 bits per heavy atom. The minimum Gasteiger partial charge on any atom is -0.505 e. The van der Waals surface area contributed by atoms with E-state index in [0.29, 0.717) is 11.3 Å². The number of phenolic OH excluding ortho intramolecular Hbond substituents is 1. The molecule has 37 heavy (non-hydrogen) atoms. The Hall–Kier alpha value is -2.92. The highest BCUT2D eigenvalue weighted by Crippen LogP contribution is 2.56. The highest BCUT2D eigenvalue weighted by Gasteiger charge is 2.56. The summed E-state index contributed by atoms with van der Waals surface area (Å²) in [5.74, 6) is -5.74. The number of rotatable bonds is 2. The van der Waals surface area contributed by atoms with Crippen LogP contribution < -0.4 is 4.90 Å². The molecule has 2 aromatic rings. The van der Waals surface area contributed by atoms with Gasteiger partial charge in [-0.05, 0) is 87.6 Å². The number of allylic oxidation sites excluding steroid dienone is 6. The number of hydrogen-bond donors (Lipinski definition) is 1. The molecule has 0 bridgehead atoms. The largest absolute Gasteiger partial charge is 0.505 e. The molecule has 2 amide bonds. The van der Waals surface area contributed by atoms with Gasteiger partial charge in [-0.2, -0.15) is 0 Å². The molecule has 0 saturated carbocycles. The molecule has 0 unspecified atom stereocenters. The minimum atomic E-state index is -0.908. The Labute approximate surface area is 233 Å². The van der Waals surface area contributed by atoms with Gasteiger partial charge in [0.2, 0.25) is 11.8 Å². The number of anilines is 1. The highest BCUT2D eigenvalue weighted by atomic mass is 127. The Morgan fingerprint density at radius 1 is 1.00 bits per heavy atom. The maximum absolute atomic E-state index is 14.5. The fraction of sp³-hybridized carbons (Fsp3) is 0.214. The maximum atomic E-state index is 14.5. The first-order valence-electron chi connectivity index (χ1n) is 11.7. The van der Waals surface area contributed by atoms with Crippen molar-refractivity contribution in [3.63, 3.8) is 0 Å². The van der Waals surface area contributed by atoms with E-state index in [2.05, 4.69) is 38.5 Å². The summed E-state index contributed by atoms with van der Waals surface area (Å²) in [6.07, 6.45) is 3.39. The van der Waals surface area contributed by atoms with Gasteiger partial charge in [0, 0.05) is 32.3 Å². The molecule has 0 aromatic heterocycles. The summed E-state index contributed by atoms with van der Waals surface area (Å²) in [6, 6.07) is 11.2. The number of hydrogen-bond acceptors (Lipinski definition) is 5. The van der Waals surface area contributed by atoms with Gasteiger partial charge in [-0.15, -0.1) is 0 Å². The number of benzene rings is 2. The van der Waals surface area contributed by atoms with Crippen molar-refractivity contribution >= 4 is 67.6 Å². The second-order valence-corrected chi connectivity index (χ2v) is 11.7. The number of imide groups is 1. The molecule has 6 nitrogen and oxygen atoms in total. The van der Waals surface area contributed by atoms with Crippen molar-refractivity contribution in [3.05, 3.63) is 90.8 Å². The second kappa shape index (κ2) is 8.83. The van der Waals surface area contributed by atoms with Gasteiger partial charge in [0.1, 0.15) is 0 Å². The standard InChI is InChI=1S/C28H18BrFINO5/c29-19-11-21(33)24-18(25(19)34)10-17-14(22(24)15-2-1-3-20(30)26(15)35)8-9-16-23(17)28(37)32(27(16)36)13-6-4-12(31)5-7-13/h1-8,11,16-17,22-23,35H,9-10H2/t16-,17+,22+,23-/m0/s1. The number of nitrogens with zero attached hydrogens (tertiary/aromatic N) is 1. The minimum absolute atomic E-state index is 0.0992. The number of phenols is 1. The lowest BCUT2D eigenvalue weighted by Gasteiger charge is -2.42. The van der Waals surface area contributed by atoms with Crippen LogP contribution >= 0.6 is 38.5 Å². The van der Waals surface area contributed by atoms with E-state index in [1.54, 1.807) is 12.1 Å². The van der Waals surface area contributed by atoms with Crippen molar-refractivity contribution in [1.82, 2.24) is 0 Å². The molecule has 186 valence electrons. The van der Waals surface area contributed by atoms with Crippen LogP contribution in [-0.2, 0) is 19.2 Å². The fourth-order valence-corrected chi connectivity index (χ4v) is 6.98. The van der Waals surface area contributed by atoms with E-state index < -0.39 is 41.0 Å². The van der Waals surface area contributed by atoms with E-state index in [-0.39, 0.29) is 51.6 Å². The van der Waals surface area contributed by atoms with Crippen molar-refractivity contribution in [2.45, 2.75) is 18.8 Å². The molecule has 1 saturated heterocycles. The average Bonchev–Trinajstić information content (AvgIpc) is 3.13. The summed E-state index contributed by atoms with van der Waals surface area (Å²) in [7, 11) is 0. The van der Waals surface area contributed by atoms with Gasteiger partial charge < -0.3 is 5.11 Å². The van der Waals surface area contributed by atoms with Crippen molar-refractivity contribution < 1.29 is 28.7 Å². The third-order valence-corrected chi connectivity index (χ3v) is 9.05. The Balaban J connectivity index is 1.50.